The number of anilines is 1. The molecule has 1 atom stereocenters. The zero-order valence-corrected chi connectivity index (χ0v) is 19.9. The molecule has 2 aromatic rings. The third-order valence-corrected chi connectivity index (χ3v) is 6.75. The van der Waals surface area contributed by atoms with E-state index in [2.05, 4.69) is 20.9 Å². The molecule has 0 radical (unpaired) electrons. The van der Waals surface area contributed by atoms with E-state index in [0.717, 1.165) is 54.6 Å². The van der Waals surface area contributed by atoms with Gasteiger partial charge in [-0.3, -0.25) is 34.3 Å². The van der Waals surface area contributed by atoms with E-state index in [1.54, 1.807) is 18.2 Å². The third-order valence-electron chi connectivity index (χ3n) is 6.75. The number of carbonyl (C=O) groups excluding carboxylic acids is 4. The monoisotopic (exact) mass is 491 g/mol. The molecule has 0 bridgehead atoms. The smallest absolute Gasteiger partial charge is 0.262 e. The van der Waals surface area contributed by atoms with Crippen molar-refractivity contribution in [3.8, 4) is 5.75 Å². The summed E-state index contributed by atoms with van der Waals surface area (Å²) in [5.74, 6) is -1.27. The maximum atomic E-state index is 13.1. The Morgan fingerprint density at radius 2 is 1.75 bits per heavy atom. The molecule has 1 unspecified atom stereocenters. The van der Waals surface area contributed by atoms with Crippen molar-refractivity contribution in [1.29, 1.82) is 0 Å². The summed E-state index contributed by atoms with van der Waals surface area (Å²) in [5.41, 5.74) is 2.19. The molecule has 0 spiro atoms. The van der Waals surface area contributed by atoms with E-state index in [-0.39, 0.29) is 24.0 Å². The number of hydrogen-bond donors (Lipinski definition) is 3. The van der Waals surface area contributed by atoms with Gasteiger partial charge in [0.1, 0.15) is 18.4 Å². The Labute approximate surface area is 209 Å². The lowest BCUT2D eigenvalue weighted by atomic mass is 10.0. The normalized spacial score (nSPS) is 20.3. The van der Waals surface area contributed by atoms with Crippen molar-refractivity contribution >= 4 is 29.3 Å². The number of benzene rings is 2. The van der Waals surface area contributed by atoms with Crippen LogP contribution in [0.5, 0.6) is 5.75 Å². The highest BCUT2D eigenvalue weighted by molar-refractivity contribution is 6.23. The summed E-state index contributed by atoms with van der Waals surface area (Å²) in [4.78, 5) is 53.0. The molecular weight excluding hydrogens is 462 g/mol. The summed E-state index contributed by atoms with van der Waals surface area (Å²) < 4.78 is 6.04. The summed E-state index contributed by atoms with van der Waals surface area (Å²) in [6.45, 7) is 5.90. The fourth-order valence-electron chi connectivity index (χ4n) is 4.78. The lowest BCUT2D eigenvalue weighted by molar-refractivity contribution is -0.136. The highest BCUT2D eigenvalue weighted by atomic mass is 16.5. The van der Waals surface area contributed by atoms with Gasteiger partial charge in [0.25, 0.3) is 11.8 Å². The van der Waals surface area contributed by atoms with Gasteiger partial charge in [0.15, 0.2) is 0 Å². The quantitative estimate of drug-likeness (QED) is 0.468. The van der Waals surface area contributed by atoms with E-state index < -0.39 is 29.7 Å². The first-order chi connectivity index (χ1) is 17.5. The van der Waals surface area contributed by atoms with E-state index in [4.69, 9.17) is 4.74 Å². The molecule has 0 aromatic heterocycles. The number of piperazine rings is 1. The van der Waals surface area contributed by atoms with Gasteiger partial charge in [-0.05, 0) is 36.2 Å². The van der Waals surface area contributed by atoms with Gasteiger partial charge in [-0.2, -0.15) is 0 Å². The van der Waals surface area contributed by atoms with Gasteiger partial charge in [-0.15, -0.1) is 0 Å². The molecule has 10 nitrogen and oxygen atoms in total. The molecule has 188 valence electrons. The fraction of sp³-hybridized carbons (Fsp3) is 0.385. The van der Waals surface area contributed by atoms with Crippen LogP contribution in [-0.2, 0) is 16.1 Å². The van der Waals surface area contributed by atoms with Crippen LogP contribution < -0.4 is 20.7 Å². The molecule has 4 amide bonds. The second kappa shape index (κ2) is 10.5. The Balaban J connectivity index is 1.23. The second-order valence-electron chi connectivity index (χ2n) is 9.12. The van der Waals surface area contributed by atoms with Gasteiger partial charge in [-0.25, -0.2) is 0 Å². The minimum atomic E-state index is -0.970. The molecule has 0 saturated carbocycles. The van der Waals surface area contributed by atoms with E-state index in [0.29, 0.717) is 13.2 Å². The molecule has 36 heavy (non-hydrogen) atoms. The Hall–Kier alpha value is -3.76. The number of carbonyl (C=O) groups is 4. The molecule has 3 heterocycles. The molecule has 0 aliphatic carbocycles. The summed E-state index contributed by atoms with van der Waals surface area (Å²) in [5, 5.41) is 8.92. The number of imide groups is 2. The zero-order chi connectivity index (χ0) is 25.1. The minimum Gasteiger partial charge on any atom is -0.490 e. The molecule has 10 heteroatoms. The van der Waals surface area contributed by atoms with Gasteiger partial charge in [-0.1, -0.05) is 18.2 Å². The number of fused-ring (bicyclic) bond motifs is 1. The van der Waals surface area contributed by atoms with Crippen molar-refractivity contribution in [2.24, 2.45) is 0 Å². The predicted molar refractivity (Wildman–Crippen MR) is 132 cm³/mol. The number of amides is 4. The standard InChI is InChI=1S/C26H29N5O5/c32-23-8-7-21(24(33)29-23)31-25(34)18-6-5-17(15-19(18)26(31)35)16-28-20-3-1-2-4-22(20)36-14-13-30-11-9-27-10-12-30/h1-6,15,21,27-28H,7-14,16H2,(H,29,32,33). The zero-order valence-electron chi connectivity index (χ0n) is 19.9. The molecule has 3 aliphatic heterocycles. The number of nitrogens with one attached hydrogen (secondary N) is 3. The Kier molecular flexibility index (Phi) is 6.97. The second-order valence-corrected chi connectivity index (χ2v) is 9.12. The van der Waals surface area contributed by atoms with Gasteiger partial charge in [0.2, 0.25) is 11.8 Å². The molecule has 3 aliphatic rings. The average Bonchev–Trinajstić information content (AvgIpc) is 3.13. The number of piperidine rings is 1. The molecule has 3 N–H and O–H groups in total. The number of rotatable bonds is 8. The van der Waals surface area contributed by atoms with Crippen LogP contribution in [0.1, 0.15) is 39.1 Å². The molecular formula is C26H29N5O5. The van der Waals surface area contributed by atoms with Gasteiger partial charge < -0.3 is 15.4 Å². The minimum absolute atomic E-state index is 0.0930. The van der Waals surface area contributed by atoms with Crippen LogP contribution in [0.2, 0.25) is 0 Å². The maximum Gasteiger partial charge on any atom is 0.262 e. The highest BCUT2D eigenvalue weighted by Gasteiger charge is 2.44. The lowest BCUT2D eigenvalue weighted by Gasteiger charge is -2.27. The Bertz CT molecular complexity index is 1190. The van der Waals surface area contributed by atoms with Gasteiger partial charge >= 0.3 is 0 Å². The van der Waals surface area contributed by atoms with Crippen molar-refractivity contribution in [2.45, 2.75) is 25.4 Å². The largest absolute Gasteiger partial charge is 0.490 e. The first-order valence-electron chi connectivity index (χ1n) is 12.2. The van der Waals surface area contributed by atoms with Gasteiger partial charge in [0.05, 0.1) is 16.8 Å². The van der Waals surface area contributed by atoms with Gasteiger partial charge in [0, 0.05) is 45.7 Å². The van der Waals surface area contributed by atoms with E-state index in [9.17, 15) is 19.2 Å². The van der Waals surface area contributed by atoms with Crippen LogP contribution in [0.15, 0.2) is 42.5 Å². The average molecular weight is 492 g/mol. The summed E-state index contributed by atoms with van der Waals surface area (Å²) in [6.07, 6.45) is 0.228. The molecule has 2 aromatic carbocycles. The van der Waals surface area contributed by atoms with Crippen LogP contribution in [0.4, 0.5) is 5.69 Å². The van der Waals surface area contributed by atoms with E-state index in [1.165, 1.54) is 0 Å². The molecule has 2 fully saturated rings. The Morgan fingerprint density at radius 3 is 2.56 bits per heavy atom. The van der Waals surface area contributed by atoms with Crippen molar-refractivity contribution < 1.29 is 23.9 Å². The molecule has 5 rings (SSSR count). The van der Waals surface area contributed by atoms with Crippen molar-refractivity contribution in [3.05, 3.63) is 59.2 Å². The number of nitrogens with zero attached hydrogens (tertiary/aromatic N) is 2. The number of ether oxygens (including phenoxy) is 1. The predicted octanol–water partition coefficient (Wildman–Crippen LogP) is 0.984. The first-order valence-corrected chi connectivity index (χ1v) is 12.2. The van der Waals surface area contributed by atoms with Crippen LogP contribution in [0.3, 0.4) is 0 Å². The van der Waals surface area contributed by atoms with Crippen LogP contribution in [0.25, 0.3) is 0 Å². The van der Waals surface area contributed by atoms with Crippen molar-refractivity contribution in [1.82, 2.24) is 20.4 Å². The first kappa shape index (κ1) is 24.0. The third kappa shape index (κ3) is 4.95. The summed E-state index contributed by atoms with van der Waals surface area (Å²) in [6, 6.07) is 11.8. The highest BCUT2D eigenvalue weighted by Crippen LogP contribution is 2.29. The maximum absolute atomic E-state index is 13.1. The Morgan fingerprint density at radius 1 is 0.972 bits per heavy atom. The van der Waals surface area contributed by atoms with Crippen LogP contribution >= 0.6 is 0 Å². The van der Waals surface area contributed by atoms with E-state index >= 15 is 0 Å². The number of para-hydroxylation sites is 2. The van der Waals surface area contributed by atoms with Crippen molar-refractivity contribution in [2.75, 3.05) is 44.6 Å². The number of hydrogen-bond acceptors (Lipinski definition) is 8. The summed E-state index contributed by atoms with van der Waals surface area (Å²) in [7, 11) is 0. The van der Waals surface area contributed by atoms with Crippen LogP contribution in [-0.4, -0.2) is 78.8 Å². The lowest BCUT2D eigenvalue weighted by Crippen LogP contribution is -2.54. The fourth-order valence-corrected chi connectivity index (χ4v) is 4.78. The summed E-state index contributed by atoms with van der Waals surface area (Å²) >= 11 is 0. The molecule has 2 saturated heterocycles. The topological polar surface area (TPSA) is 120 Å². The van der Waals surface area contributed by atoms with Crippen LogP contribution in [0, 0.1) is 0 Å². The van der Waals surface area contributed by atoms with E-state index in [1.807, 2.05) is 24.3 Å². The SMILES string of the molecule is O=C1CCC(N2C(=O)c3ccc(CNc4ccccc4OCCN4CCNCC4)cc3C2=O)C(=O)N1. The van der Waals surface area contributed by atoms with Crippen molar-refractivity contribution in [3.63, 3.8) is 0 Å².